The normalized spacial score (nSPS) is 13.2. The molecule has 2 amide bonds. The average Bonchev–Trinajstić information content (AvgIpc) is 3.91. The second-order valence-electron chi connectivity index (χ2n) is 19.1. The lowest BCUT2D eigenvalue weighted by Gasteiger charge is -2.22. The number of carbonyl (C=O) groups excluding carboxylic acids is 6. The Kier molecular flexibility index (Phi) is 16.9. The summed E-state index contributed by atoms with van der Waals surface area (Å²) in [7, 11) is 2.83. The molecular formula is C61H60N2O12. The summed E-state index contributed by atoms with van der Waals surface area (Å²) in [6.45, 7) is 7.29. The number of ketones is 2. The highest BCUT2D eigenvalue weighted by Gasteiger charge is 2.34. The summed E-state index contributed by atoms with van der Waals surface area (Å²) in [5.41, 5.74) is 9.94. The van der Waals surface area contributed by atoms with Crippen LogP contribution in [0, 0.1) is 11.8 Å². The van der Waals surface area contributed by atoms with Crippen molar-refractivity contribution < 1.29 is 57.2 Å². The van der Waals surface area contributed by atoms with E-state index in [1.54, 1.807) is 58.0 Å². The Morgan fingerprint density at radius 2 is 0.933 bits per heavy atom. The van der Waals surface area contributed by atoms with Gasteiger partial charge in [0.05, 0.1) is 20.6 Å². The third-order valence-corrected chi connectivity index (χ3v) is 13.4. The van der Waals surface area contributed by atoms with Crippen LogP contribution in [0.5, 0.6) is 23.0 Å². The van der Waals surface area contributed by atoms with Crippen molar-refractivity contribution in [2.24, 2.45) is 11.8 Å². The van der Waals surface area contributed by atoms with Crippen LogP contribution in [0.1, 0.15) is 85.8 Å². The molecule has 2 aliphatic rings. The molecular weight excluding hydrogens is 953 g/mol. The maximum absolute atomic E-state index is 13.5. The Labute approximate surface area is 436 Å². The number of fused-ring (bicyclic) bond motifs is 6. The highest BCUT2D eigenvalue weighted by atomic mass is 16.6. The lowest BCUT2D eigenvalue weighted by Crippen LogP contribution is -2.46. The number of benzene rings is 6. The van der Waals surface area contributed by atoms with Crippen molar-refractivity contribution >= 4 is 41.8 Å². The molecule has 14 heteroatoms. The number of ether oxygens (including phenoxy) is 6. The van der Waals surface area contributed by atoms with Crippen molar-refractivity contribution in [2.45, 2.75) is 70.9 Å². The van der Waals surface area contributed by atoms with Gasteiger partial charge < -0.3 is 39.1 Å². The number of hydrogen-bond acceptors (Lipinski definition) is 12. The number of Topliss-reactive ketones (excluding diaryl/α,β-unsaturated/α-hetero) is 1. The number of rotatable bonds is 21. The second kappa shape index (κ2) is 24.0. The van der Waals surface area contributed by atoms with E-state index in [0.29, 0.717) is 11.1 Å². The fourth-order valence-corrected chi connectivity index (χ4v) is 9.51. The molecule has 0 aromatic heterocycles. The van der Waals surface area contributed by atoms with E-state index in [0.717, 1.165) is 44.5 Å². The molecule has 2 aliphatic carbocycles. The molecule has 8 rings (SSSR count). The predicted molar refractivity (Wildman–Crippen MR) is 283 cm³/mol. The number of esters is 2. The molecule has 14 nitrogen and oxygen atoms in total. The average molecular weight is 1010 g/mol. The number of amides is 2. The van der Waals surface area contributed by atoms with Crippen LogP contribution in [0.25, 0.3) is 28.3 Å². The van der Waals surface area contributed by atoms with Crippen molar-refractivity contribution in [1.29, 1.82) is 0 Å². The summed E-state index contributed by atoms with van der Waals surface area (Å²) in [6.07, 6.45) is 1.34. The molecule has 386 valence electrons. The minimum Gasteiger partial charge on any atom is -0.493 e. The number of carbonyl (C=O) groups is 6. The van der Waals surface area contributed by atoms with Gasteiger partial charge in [0.25, 0.3) is 0 Å². The van der Waals surface area contributed by atoms with Crippen molar-refractivity contribution in [3.05, 3.63) is 173 Å². The van der Waals surface area contributed by atoms with Crippen LogP contribution in [-0.4, -0.2) is 75.2 Å². The first kappa shape index (κ1) is 52.8. The molecule has 0 aliphatic heterocycles. The molecule has 0 fully saturated rings. The fraction of sp³-hybridized carbons (Fsp3) is 0.279. The van der Waals surface area contributed by atoms with Gasteiger partial charge in [0.2, 0.25) is 0 Å². The Morgan fingerprint density at radius 3 is 1.36 bits per heavy atom. The van der Waals surface area contributed by atoms with Crippen LogP contribution in [0.4, 0.5) is 9.59 Å². The maximum Gasteiger partial charge on any atom is 0.407 e. The first-order valence-corrected chi connectivity index (χ1v) is 25.0. The van der Waals surface area contributed by atoms with Crippen molar-refractivity contribution in [1.82, 2.24) is 10.6 Å². The van der Waals surface area contributed by atoms with Gasteiger partial charge in [0.1, 0.15) is 31.1 Å². The molecule has 0 saturated heterocycles. The van der Waals surface area contributed by atoms with Crippen LogP contribution in [-0.2, 0) is 35.1 Å². The van der Waals surface area contributed by atoms with Gasteiger partial charge in [-0.3, -0.25) is 9.59 Å². The molecule has 2 atom stereocenters. The quantitative estimate of drug-likeness (QED) is 0.0302. The summed E-state index contributed by atoms with van der Waals surface area (Å²) in [5.74, 6) is -2.42. The summed E-state index contributed by atoms with van der Waals surface area (Å²) in [6, 6.07) is 39.6. The summed E-state index contributed by atoms with van der Waals surface area (Å²) >= 11 is 0. The minimum absolute atomic E-state index is 0.0583. The van der Waals surface area contributed by atoms with E-state index in [9.17, 15) is 28.8 Å². The summed E-state index contributed by atoms with van der Waals surface area (Å²) in [4.78, 5) is 79.0. The number of alkyl carbamates (subject to hydrolysis) is 2. The first-order chi connectivity index (χ1) is 36.2. The van der Waals surface area contributed by atoms with Gasteiger partial charge in [-0.1, -0.05) is 143 Å². The molecule has 75 heavy (non-hydrogen) atoms. The smallest absolute Gasteiger partial charge is 0.407 e. The van der Waals surface area contributed by atoms with E-state index >= 15 is 0 Å². The van der Waals surface area contributed by atoms with Gasteiger partial charge in [-0.25, -0.2) is 19.2 Å². The van der Waals surface area contributed by atoms with Crippen LogP contribution < -0.4 is 29.6 Å². The molecule has 0 heterocycles. The standard InChI is InChI=1S/C61H60N2O12/c1-36(2)56(62-60(68)72-34-50-46-19-11-7-15-42(46)43-16-8-12-20-47(43)50)58(66)74-52-29-25-38(31-54(52)70-5)23-27-40(64)33-41(65)28-24-39-26-30-53(55(32-39)71-6)75-59(67)57(37(3)4)63-61(69)73-35-51-48-21-13-9-17-44(48)45-18-10-14-22-49(45)51/h7-23,25-27,29-32,36-37,50-51,56-57H,24,28,33-35H2,1-6H3,(H,62,68)(H,63,69)/b27-23+/t56-,57-/m0/s1. The SMILES string of the molecule is COc1cc(/C=C/C(=O)CC(=O)CCc2ccc(OC(=O)[C@@H](NC(=O)OCC3c4ccccc4-c4ccccc43)C(C)C)c(OC)c2)ccc1OC(=O)[C@@H](NC(=O)OCC1c2ccccc2-c2ccccc21)C(C)C. The number of nitrogens with one attached hydrogen (secondary N) is 2. The molecule has 0 bridgehead atoms. The Bertz CT molecular complexity index is 3050. The molecule has 0 saturated carbocycles. The van der Waals surface area contributed by atoms with E-state index in [2.05, 4.69) is 34.9 Å². The number of aryl methyl sites for hydroxylation is 1. The Morgan fingerprint density at radius 1 is 0.520 bits per heavy atom. The van der Waals surface area contributed by atoms with Gasteiger partial charge in [0, 0.05) is 18.3 Å². The van der Waals surface area contributed by atoms with Gasteiger partial charge >= 0.3 is 24.1 Å². The molecule has 0 unspecified atom stereocenters. The first-order valence-electron chi connectivity index (χ1n) is 25.0. The highest BCUT2D eigenvalue weighted by molar-refractivity contribution is 6.06. The summed E-state index contributed by atoms with van der Waals surface area (Å²) < 4.78 is 33.9. The number of methoxy groups -OCH3 is 2. The Hall–Kier alpha value is -8.52. The van der Waals surface area contributed by atoms with E-state index in [1.165, 1.54) is 32.4 Å². The van der Waals surface area contributed by atoms with Crippen LogP contribution in [0.2, 0.25) is 0 Å². The highest BCUT2D eigenvalue weighted by Crippen LogP contribution is 2.46. The van der Waals surface area contributed by atoms with Gasteiger partial charge in [0.15, 0.2) is 28.8 Å². The zero-order valence-corrected chi connectivity index (χ0v) is 42.8. The Balaban J connectivity index is 0.787. The monoisotopic (exact) mass is 1010 g/mol. The minimum atomic E-state index is -1.04. The molecule has 6 aromatic rings. The molecule has 0 spiro atoms. The van der Waals surface area contributed by atoms with Crippen molar-refractivity contribution in [2.75, 3.05) is 27.4 Å². The number of hydrogen-bond donors (Lipinski definition) is 2. The lowest BCUT2D eigenvalue weighted by atomic mass is 9.98. The topological polar surface area (TPSA) is 182 Å². The number of allylic oxidation sites excluding steroid dienone is 1. The lowest BCUT2D eigenvalue weighted by molar-refractivity contribution is -0.138. The summed E-state index contributed by atoms with van der Waals surface area (Å²) in [5, 5.41) is 5.35. The zero-order valence-electron chi connectivity index (χ0n) is 42.8. The van der Waals surface area contributed by atoms with Crippen LogP contribution in [0.3, 0.4) is 0 Å². The predicted octanol–water partition coefficient (Wildman–Crippen LogP) is 10.8. The molecule has 0 radical (unpaired) electrons. The van der Waals surface area contributed by atoms with Crippen molar-refractivity contribution in [3.8, 4) is 45.3 Å². The fourth-order valence-electron chi connectivity index (χ4n) is 9.51. The third-order valence-electron chi connectivity index (χ3n) is 13.4. The second-order valence-corrected chi connectivity index (χ2v) is 19.1. The maximum atomic E-state index is 13.5. The van der Waals surface area contributed by atoms with Gasteiger partial charge in [-0.2, -0.15) is 0 Å². The zero-order chi connectivity index (χ0) is 53.2. The van der Waals surface area contributed by atoms with Crippen LogP contribution in [0.15, 0.2) is 140 Å². The van der Waals surface area contributed by atoms with Crippen LogP contribution >= 0.6 is 0 Å². The molecule has 2 N–H and O–H groups in total. The van der Waals surface area contributed by atoms with E-state index in [-0.39, 0.29) is 84.9 Å². The van der Waals surface area contributed by atoms with E-state index in [4.69, 9.17) is 28.4 Å². The van der Waals surface area contributed by atoms with E-state index in [1.807, 2.05) is 72.8 Å². The van der Waals surface area contributed by atoms with Gasteiger partial charge in [-0.05, 0) is 104 Å². The third kappa shape index (κ3) is 12.5. The van der Waals surface area contributed by atoms with Gasteiger partial charge in [-0.15, -0.1) is 0 Å². The van der Waals surface area contributed by atoms with E-state index < -0.39 is 42.0 Å². The molecule has 6 aromatic carbocycles. The van der Waals surface area contributed by atoms with Crippen molar-refractivity contribution in [3.63, 3.8) is 0 Å². The largest absolute Gasteiger partial charge is 0.493 e.